The normalized spacial score (nSPS) is 20.3. The fourth-order valence-electron chi connectivity index (χ4n) is 3.27. The van der Waals surface area contributed by atoms with Crippen LogP contribution in [0.5, 0.6) is 0 Å². The van der Waals surface area contributed by atoms with Gasteiger partial charge >= 0.3 is 6.03 Å². The van der Waals surface area contributed by atoms with Crippen LogP contribution < -0.4 is 4.90 Å². The molecule has 1 saturated heterocycles. The van der Waals surface area contributed by atoms with Gasteiger partial charge < -0.3 is 4.90 Å². The first-order chi connectivity index (χ1) is 12.3. The highest BCUT2D eigenvalue weighted by Gasteiger charge is 2.45. The van der Waals surface area contributed by atoms with E-state index in [0.717, 1.165) is 17.7 Å². The molecular formula is C19H24FN3O3. The van der Waals surface area contributed by atoms with Crippen molar-refractivity contribution in [3.8, 4) is 0 Å². The average molecular weight is 361 g/mol. The molecule has 1 aliphatic heterocycles. The summed E-state index contributed by atoms with van der Waals surface area (Å²) < 4.78 is 13.1. The Hall–Kier alpha value is -2.44. The molecule has 3 rings (SSSR count). The number of nitrogens with zero attached hydrogens (tertiary/aromatic N) is 3. The first-order valence-corrected chi connectivity index (χ1v) is 8.99. The number of imide groups is 1. The van der Waals surface area contributed by atoms with Crippen molar-refractivity contribution in [2.75, 3.05) is 18.0 Å². The van der Waals surface area contributed by atoms with E-state index >= 15 is 0 Å². The van der Waals surface area contributed by atoms with Crippen LogP contribution >= 0.6 is 0 Å². The minimum Gasteiger partial charge on any atom is -0.338 e. The lowest BCUT2D eigenvalue weighted by atomic mass is 10.2. The lowest BCUT2D eigenvalue weighted by Crippen LogP contribution is -2.45. The summed E-state index contributed by atoms with van der Waals surface area (Å²) in [6, 6.07) is 4.36. The minimum absolute atomic E-state index is 0.198. The summed E-state index contributed by atoms with van der Waals surface area (Å²) in [5, 5.41) is 0. The number of carbonyl (C=O) groups excluding carboxylic acids is 3. The molecule has 0 radical (unpaired) electrons. The summed E-state index contributed by atoms with van der Waals surface area (Å²) in [5.74, 6) is -0.705. The van der Waals surface area contributed by atoms with Gasteiger partial charge in [-0.3, -0.25) is 19.4 Å². The van der Waals surface area contributed by atoms with E-state index in [0.29, 0.717) is 18.2 Å². The van der Waals surface area contributed by atoms with Crippen LogP contribution in [0.4, 0.5) is 14.9 Å². The van der Waals surface area contributed by atoms with Crippen molar-refractivity contribution in [2.45, 2.75) is 45.7 Å². The summed E-state index contributed by atoms with van der Waals surface area (Å²) in [6.07, 6.45) is 1.94. The van der Waals surface area contributed by atoms with Gasteiger partial charge in [0.05, 0.1) is 0 Å². The minimum atomic E-state index is -0.722. The van der Waals surface area contributed by atoms with Crippen molar-refractivity contribution < 1.29 is 18.8 Å². The first-order valence-electron chi connectivity index (χ1n) is 8.99. The van der Waals surface area contributed by atoms with Crippen LogP contribution in [0.2, 0.25) is 0 Å². The SMILES string of the molecule is CC(C)CN(C(=O)CN1C(=O)C(C)N(c2ccc(F)cc2)C1=O)C1CC1. The van der Waals surface area contributed by atoms with Gasteiger partial charge in [0, 0.05) is 18.3 Å². The Balaban J connectivity index is 1.75. The van der Waals surface area contributed by atoms with Gasteiger partial charge in [-0.05, 0) is 49.9 Å². The number of hydrogen-bond acceptors (Lipinski definition) is 3. The predicted molar refractivity (Wildman–Crippen MR) is 95.0 cm³/mol. The third-order valence-corrected chi connectivity index (χ3v) is 4.72. The smallest absolute Gasteiger partial charge is 0.332 e. The van der Waals surface area contributed by atoms with Gasteiger partial charge in [-0.2, -0.15) is 0 Å². The van der Waals surface area contributed by atoms with Crippen LogP contribution in [0, 0.1) is 11.7 Å². The fraction of sp³-hybridized carbons (Fsp3) is 0.526. The highest BCUT2D eigenvalue weighted by atomic mass is 19.1. The van der Waals surface area contributed by atoms with Crippen LogP contribution in [-0.2, 0) is 9.59 Å². The van der Waals surface area contributed by atoms with E-state index < -0.39 is 23.8 Å². The van der Waals surface area contributed by atoms with E-state index in [1.807, 2.05) is 13.8 Å². The maximum absolute atomic E-state index is 13.1. The number of carbonyl (C=O) groups is 3. The van der Waals surface area contributed by atoms with Crippen molar-refractivity contribution in [3.05, 3.63) is 30.1 Å². The molecule has 7 heteroatoms. The molecule has 0 bridgehead atoms. The number of benzene rings is 1. The molecule has 1 unspecified atom stereocenters. The summed E-state index contributed by atoms with van der Waals surface area (Å²) in [7, 11) is 0. The predicted octanol–water partition coefficient (Wildman–Crippen LogP) is 2.63. The third-order valence-electron chi connectivity index (χ3n) is 4.72. The lowest BCUT2D eigenvalue weighted by molar-refractivity contribution is -0.138. The van der Waals surface area contributed by atoms with Crippen LogP contribution in [0.15, 0.2) is 24.3 Å². The Morgan fingerprint density at radius 2 is 1.85 bits per heavy atom. The van der Waals surface area contributed by atoms with Gasteiger partial charge in [0.2, 0.25) is 5.91 Å². The maximum Gasteiger partial charge on any atom is 0.332 e. The van der Waals surface area contributed by atoms with Gasteiger partial charge in [0.1, 0.15) is 18.4 Å². The monoisotopic (exact) mass is 361 g/mol. The highest BCUT2D eigenvalue weighted by molar-refractivity contribution is 6.15. The second-order valence-electron chi connectivity index (χ2n) is 7.40. The zero-order chi connectivity index (χ0) is 19.0. The molecule has 1 aliphatic carbocycles. The van der Waals surface area contributed by atoms with Crippen LogP contribution in [0.1, 0.15) is 33.6 Å². The average Bonchev–Trinajstić information content (AvgIpc) is 3.40. The number of rotatable bonds is 6. The number of halogens is 1. The van der Waals surface area contributed by atoms with Gasteiger partial charge in [-0.15, -0.1) is 0 Å². The first kappa shape index (κ1) is 18.4. The molecule has 1 heterocycles. The number of urea groups is 1. The van der Waals surface area contributed by atoms with Crippen molar-refractivity contribution in [3.63, 3.8) is 0 Å². The maximum atomic E-state index is 13.1. The molecule has 0 aromatic heterocycles. The Kier molecular flexibility index (Phi) is 4.98. The largest absolute Gasteiger partial charge is 0.338 e. The Morgan fingerprint density at radius 1 is 1.23 bits per heavy atom. The molecule has 1 aromatic rings. The molecule has 140 valence electrons. The molecule has 6 nitrogen and oxygen atoms in total. The molecule has 4 amide bonds. The molecule has 1 atom stereocenters. The van der Waals surface area contributed by atoms with Crippen LogP contribution in [-0.4, -0.2) is 52.8 Å². The molecule has 0 spiro atoms. The quantitative estimate of drug-likeness (QED) is 0.732. The van der Waals surface area contributed by atoms with Crippen LogP contribution in [0.25, 0.3) is 0 Å². The standard InChI is InChI=1S/C19H24FN3O3/c1-12(2)10-21(15-8-9-15)17(24)11-22-18(25)13(3)23(19(22)26)16-6-4-14(20)5-7-16/h4-7,12-13,15H,8-11H2,1-3H3. The summed E-state index contributed by atoms with van der Waals surface area (Å²) in [6.45, 7) is 6.06. The summed E-state index contributed by atoms with van der Waals surface area (Å²) in [4.78, 5) is 42.1. The van der Waals surface area contributed by atoms with Crippen molar-refractivity contribution in [1.29, 1.82) is 0 Å². The molecule has 2 fully saturated rings. The van der Waals surface area contributed by atoms with Gasteiger partial charge in [0.25, 0.3) is 5.91 Å². The molecule has 1 saturated carbocycles. The number of anilines is 1. The Bertz CT molecular complexity index is 715. The molecule has 26 heavy (non-hydrogen) atoms. The molecule has 0 N–H and O–H groups in total. The van der Waals surface area contributed by atoms with Gasteiger partial charge in [0.15, 0.2) is 0 Å². The van der Waals surface area contributed by atoms with Crippen molar-refractivity contribution in [1.82, 2.24) is 9.80 Å². The number of amides is 4. The second kappa shape index (κ2) is 7.05. The zero-order valence-electron chi connectivity index (χ0n) is 15.3. The lowest BCUT2D eigenvalue weighted by Gasteiger charge is -2.26. The van der Waals surface area contributed by atoms with E-state index in [4.69, 9.17) is 0 Å². The highest BCUT2D eigenvalue weighted by Crippen LogP contribution is 2.29. The van der Waals surface area contributed by atoms with E-state index in [1.54, 1.807) is 11.8 Å². The Labute approximate surface area is 152 Å². The topological polar surface area (TPSA) is 60.9 Å². The molecule has 2 aliphatic rings. The van der Waals surface area contributed by atoms with Crippen LogP contribution in [0.3, 0.4) is 0 Å². The van der Waals surface area contributed by atoms with Gasteiger partial charge in [-0.1, -0.05) is 13.8 Å². The molecule has 1 aromatic carbocycles. The fourth-order valence-corrected chi connectivity index (χ4v) is 3.27. The second-order valence-corrected chi connectivity index (χ2v) is 7.40. The van der Waals surface area contributed by atoms with Crippen molar-refractivity contribution >= 4 is 23.5 Å². The Morgan fingerprint density at radius 3 is 2.38 bits per heavy atom. The van der Waals surface area contributed by atoms with E-state index in [2.05, 4.69) is 0 Å². The van der Waals surface area contributed by atoms with Crippen molar-refractivity contribution in [2.24, 2.45) is 5.92 Å². The van der Waals surface area contributed by atoms with Gasteiger partial charge in [-0.25, -0.2) is 9.18 Å². The summed E-state index contributed by atoms with van der Waals surface area (Å²) >= 11 is 0. The van der Waals surface area contributed by atoms with E-state index in [1.165, 1.54) is 29.2 Å². The van der Waals surface area contributed by atoms with E-state index in [-0.39, 0.29) is 18.5 Å². The third kappa shape index (κ3) is 3.57. The summed E-state index contributed by atoms with van der Waals surface area (Å²) in [5.41, 5.74) is 0.438. The molecular weight excluding hydrogens is 337 g/mol. The number of hydrogen-bond donors (Lipinski definition) is 0. The zero-order valence-corrected chi connectivity index (χ0v) is 15.3. The van der Waals surface area contributed by atoms with E-state index in [9.17, 15) is 18.8 Å².